The van der Waals surface area contributed by atoms with Crippen molar-refractivity contribution in [3.63, 3.8) is 0 Å². The second-order valence-electron chi connectivity index (χ2n) is 11.2. The van der Waals surface area contributed by atoms with E-state index in [1.54, 1.807) is 115 Å². The fourth-order valence-electron chi connectivity index (χ4n) is 4.97. The van der Waals surface area contributed by atoms with E-state index in [0.717, 1.165) is 5.56 Å². The van der Waals surface area contributed by atoms with Crippen LogP contribution in [0, 0.1) is 0 Å². The molecule has 0 unspecified atom stereocenters. The summed E-state index contributed by atoms with van der Waals surface area (Å²) in [5.41, 5.74) is 2.09. The topological polar surface area (TPSA) is 130 Å². The fourth-order valence-corrected chi connectivity index (χ4v) is 4.97. The molecule has 10 heteroatoms. The molecule has 5 aromatic carbocycles. The summed E-state index contributed by atoms with van der Waals surface area (Å²) >= 11 is 0. The van der Waals surface area contributed by atoms with Crippen LogP contribution in [0.4, 0.5) is 0 Å². The van der Waals surface area contributed by atoms with E-state index < -0.39 is 49.4 Å². The van der Waals surface area contributed by atoms with Crippen molar-refractivity contribution in [2.24, 2.45) is 5.16 Å². The standard InChI is InChI=1S/C41H37NO9/c43-27-26-35(49-39(44)32-20-10-3-11-21-32)37(51-41(46)34-24-14-5-15-25-34)36(50-40(45)33-22-12-4-13-23-33)29-47-38(31-18-8-2-9-19-31)42-48-28-30-16-6-1-7-17-30/h1-25,35-37,43H,26-29H2/b42-38+/t35-,36-,37-/m1/s1. The van der Waals surface area contributed by atoms with Crippen molar-refractivity contribution in [2.45, 2.75) is 31.3 Å². The van der Waals surface area contributed by atoms with Crippen LogP contribution in [0.25, 0.3) is 0 Å². The minimum absolute atomic E-state index is 0.0559. The van der Waals surface area contributed by atoms with Crippen molar-refractivity contribution in [3.05, 3.63) is 179 Å². The molecule has 5 aromatic rings. The lowest BCUT2D eigenvalue weighted by atomic mass is 10.0. The summed E-state index contributed by atoms with van der Waals surface area (Å²) in [6, 6.07) is 43.0. The first-order valence-corrected chi connectivity index (χ1v) is 16.3. The minimum atomic E-state index is -1.45. The molecule has 51 heavy (non-hydrogen) atoms. The molecule has 0 saturated heterocycles. The molecule has 0 aromatic heterocycles. The molecule has 260 valence electrons. The third-order valence-electron chi connectivity index (χ3n) is 7.56. The summed E-state index contributed by atoms with van der Waals surface area (Å²) in [5.74, 6) is -2.20. The molecule has 0 aliphatic carbocycles. The molecule has 0 amide bonds. The molecular weight excluding hydrogens is 650 g/mol. The SMILES string of the molecule is O=C(O[C@H]([C@@H](CCO)OC(=O)c1ccccc1)[C@@H](CO/C(=N/OCc1ccccc1)c1ccccc1)OC(=O)c1ccccc1)c1ccccc1. The molecule has 1 N–H and O–H groups in total. The predicted molar refractivity (Wildman–Crippen MR) is 189 cm³/mol. The van der Waals surface area contributed by atoms with Gasteiger partial charge in [-0.3, -0.25) is 0 Å². The van der Waals surface area contributed by atoms with Crippen LogP contribution in [0.3, 0.4) is 0 Å². The molecule has 10 nitrogen and oxygen atoms in total. The number of esters is 3. The number of aliphatic hydroxyl groups excluding tert-OH is 1. The Morgan fingerprint density at radius 2 is 0.941 bits per heavy atom. The van der Waals surface area contributed by atoms with Crippen LogP contribution in [-0.4, -0.2) is 60.4 Å². The van der Waals surface area contributed by atoms with Crippen molar-refractivity contribution >= 4 is 23.8 Å². The summed E-state index contributed by atoms with van der Waals surface area (Å²) in [7, 11) is 0. The van der Waals surface area contributed by atoms with Crippen LogP contribution in [0.1, 0.15) is 48.6 Å². The van der Waals surface area contributed by atoms with E-state index >= 15 is 0 Å². The van der Waals surface area contributed by atoms with Gasteiger partial charge in [0, 0.05) is 18.6 Å². The third-order valence-corrected chi connectivity index (χ3v) is 7.56. The maximum absolute atomic E-state index is 13.6. The van der Waals surface area contributed by atoms with Crippen molar-refractivity contribution in [3.8, 4) is 0 Å². The molecule has 0 spiro atoms. The van der Waals surface area contributed by atoms with E-state index in [-0.39, 0.29) is 35.6 Å². The van der Waals surface area contributed by atoms with Crippen molar-refractivity contribution in [1.29, 1.82) is 0 Å². The number of carbonyl (C=O) groups excluding carboxylic acids is 3. The zero-order valence-electron chi connectivity index (χ0n) is 27.7. The molecule has 0 aliphatic rings. The number of hydrogen-bond acceptors (Lipinski definition) is 10. The molecule has 0 saturated carbocycles. The number of hydrogen-bond donors (Lipinski definition) is 1. The van der Waals surface area contributed by atoms with E-state index in [9.17, 15) is 19.5 Å². The van der Waals surface area contributed by atoms with Crippen molar-refractivity contribution in [2.75, 3.05) is 13.2 Å². The van der Waals surface area contributed by atoms with E-state index in [4.69, 9.17) is 23.8 Å². The molecule has 0 fully saturated rings. The number of rotatable bonds is 16. The summed E-state index contributed by atoms with van der Waals surface area (Å²) < 4.78 is 24.1. The van der Waals surface area contributed by atoms with Gasteiger partial charge in [0.2, 0.25) is 0 Å². The largest absolute Gasteiger partial charge is 0.471 e. The van der Waals surface area contributed by atoms with Crippen molar-refractivity contribution in [1.82, 2.24) is 0 Å². The predicted octanol–water partition coefficient (Wildman–Crippen LogP) is 6.64. The highest BCUT2D eigenvalue weighted by atomic mass is 16.7. The van der Waals surface area contributed by atoms with E-state index in [1.807, 2.05) is 36.4 Å². The Morgan fingerprint density at radius 1 is 0.529 bits per heavy atom. The van der Waals surface area contributed by atoms with Crippen LogP contribution >= 0.6 is 0 Å². The van der Waals surface area contributed by atoms with E-state index in [0.29, 0.717) is 5.56 Å². The maximum atomic E-state index is 13.6. The smallest absolute Gasteiger partial charge is 0.338 e. The summed E-state index contributed by atoms with van der Waals surface area (Å²) in [6.07, 6.45) is -4.27. The number of nitrogens with zero attached hydrogens (tertiary/aromatic N) is 1. The average molecular weight is 688 g/mol. The zero-order chi connectivity index (χ0) is 35.7. The molecule has 0 radical (unpaired) electrons. The molecular formula is C41H37NO9. The minimum Gasteiger partial charge on any atom is -0.471 e. The van der Waals surface area contributed by atoms with Gasteiger partial charge in [-0.1, -0.05) is 103 Å². The Labute approximate surface area is 295 Å². The first-order chi connectivity index (χ1) is 25.0. The third kappa shape index (κ3) is 10.9. The first-order valence-electron chi connectivity index (χ1n) is 16.3. The number of carbonyl (C=O) groups is 3. The number of aliphatic hydroxyl groups is 1. The molecule has 0 aliphatic heterocycles. The second kappa shape index (κ2) is 19.1. The van der Waals surface area contributed by atoms with Crippen LogP contribution in [0.2, 0.25) is 0 Å². The lowest BCUT2D eigenvalue weighted by molar-refractivity contribution is -0.102. The normalized spacial score (nSPS) is 12.8. The zero-order valence-corrected chi connectivity index (χ0v) is 27.7. The van der Waals surface area contributed by atoms with Gasteiger partial charge in [0.25, 0.3) is 5.90 Å². The lowest BCUT2D eigenvalue weighted by Crippen LogP contribution is -2.48. The lowest BCUT2D eigenvalue weighted by Gasteiger charge is -2.32. The van der Waals surface area contributed by atoms with Crippen LogP contribution in [-0.2, 0) is 30.4 Å². The van der Waals surface area contributed by atoms with Crippen LogP contribution in [0.15, 0.2) is 157 Å². The highest BCUT2D eigenvalue weighted by Gasteiger charge is 2.39. The highest BCUT2D eigenvalue weighted by Crippen LogP contribution is 2.22. The van der Waals surface area contributed by atoms with Crippen LogP contribution < -0.4 is 0 Å². The maximum Gasteiger partial charge on any atom is 0.338 e. The van der Waals surface area contributed by atoms with E-state index in [1.165, 1.54) is 0 Å². The molecule has 0 bridgehead atoms. The molecule has 0 heterocycles. The number of oxime groups is 1. The second-order valence-corrected chi connectivity index (χ2v) is 11.2. The Hall–Kier alpha value is -6.26. The summed E-state index contributed by atoms with van der Waals surface area (Å²) in [4.78, 5) is 46.1. The Kier molecular flexibility index (Phi) is 13.5. The van der Waals surface area contributed by atoms with Gasteiger partial charge in [-0.05, 0) is 59.3 Å². The number of benzene rings is 5. The number of ether oxygens (including phenoxy) is 4. The van der Waals surface area contributed by atoms with Gasteiger partial charge in [-0.15, -0.1) is 0 Å². The van der Waals surface area contributed by atoms with Crippen molar-refractivity contribution < 1.29 is 43.3 Å². The Bertz CT molecular complexity index is 1840. The Morgan fingerprint density at radius 3 is 1.41 bits per heavy atom. The average Bonchev–Trinajstić information content (AvgIpc) is 3.19. The highest BCUT2D eigenvalue weighted by molar-refractivity contribution is 5.94. The fraction of sp³-hybridized carbons (Fsp3) is 0.171. The quantitative estimate of drug-likeness (QED) is 0.0399. The Balaban J connectivity index is 1.50. The summed E-state index contributed by atoms with van der Waals surface area (Å²) in [6.45, 7) is -0.715. The monoisotopic (exact) mass is 687 g/mol. The summed E-state index contributed by atoms with van der Waals surface area (Å²) in [5, 5.41) is 14.4. The van der Waals surface area contributed by atoms with Crippen LogP contribution in [0.5, 0.6) is 0 Å². The van der Waals surface area contributed by atoms with E-state index in [2.05, 4.69) is 5.16 Å². The first kappa shape index (κ1) is 36.0. The molecule has 5 rings (SSSR count). The van der Waals surface area contributed by atoms with Gasteiger partial charge >= 0.3 is 17.9 Å². The van der Waals surface area contributed by atoms with Gasteiger partial charge in [0.1, 0.15) is 19.3 Å². The van der Waals surface area contributed by atoms with Gasteiger partial charge < -0.3 is 28.9 Å². The van der Waals surface area contributed by atoms with Gasteiger partial charge in [-0.2, -0.15) is 0 Å². The van der Waals surface area contributed by atoms with Gasteiger partial charge in [0.15, 0.2) is 12.2 Å². The van der Waals surface area contributed by atoms with Gasteiger partial charge in [0.05, 0.1) is 16.7 Å². The molecule has 3 atom stereocenters. The van der Waals surface area contributed by atoms with Gasteiger partial charge in [-0.25, -0.2) is 14.4 Å².